The lowest BCUT2D eigenvalue weighted by Crippen LogP contribution is -2.45. The number of nitrogens with two attached hydrogens (primary N) is 2. The number of nitrogens with one attached hydrogen (secondary N) is 2. The summed E-state index contributed by atoms with van der Waals surface area (Å²) in [4.78, 5) is 43.8. The van der Waals surface area contributed by atoms with Crippen LogP contribution < -0.4 is 16.8 Å². The minimum atomic E-state index is -1.24. The molecule has 7 N–H and O–H groups in total. The molecule has 0 fully saturated rings. The van der Waals surface area contributed by atoms with Crippen molar-refractivity contribution < 1.29 is 28.3 Å². The number of hydrogen-bond acceptors (Lipinski definition) is 5. The standard InChI is InChI=1S/C28H36F2N6O4/c1-3-7-36(8-4-2)28(40)20-13-18(26(33)38)12-19(14-20)27(39)35-23(24(37)5-6-25(32)34-16-31)11-17-9-21(29)15-22(30)10-17/h9-10,12-16,23-24,37H,3-8,11H2,1-2H3,(H2,33,38)(H,35,39)(H3,31,32,34). The van der Waals surface area contributed by atoms with Gasteiger partial charge in [-0.05, 0) is 61.6 Å². The van der Waals surface area contributed by atoms with E-state index in [1.165, 1.54) is 18.2 Å². The van der Waals surface area contributed by atoms with Crippen molar-refractivity contribution in [2.45, 2.75) is 58.1 Å². The third-order valence-corrected chi connectivity index (χ3v) is 6.09. The number of amidine groups is 1. The number of nitrogens with zero attached hydrogens (tertiary/aromatic N) is 2. The number of aliphatic hydroxyl groups excluding tert-OH is 1. The van der Waals surface area contributed by atoms with Crippen molar-refractivity contribution in [1.82, 2.24) is 10.2 Å². The second-order valence-corrected chi connectivity index (χ2v) is 9.37. The van der Waals surface area contributed by atoms with Gasteiger partial charge in [-0.25, -0.2) is 13.8 Å². The molecule has 0 aromatic heterocycles. The number of halogens is 2. The van der Waals surface area contributed by atoms with Gasteiger partial charge in [-0.3, -0.25) is 19.8 Å². The Bertz CT molecular complexity index is 1230. The van der Waals surface area contributed by atoms with Gasteiger partial charge in [-0.2, -0.15) is 0 Å². The Balaban J connectivity index is 2.42. The van der Waals surface area contributed by atoms with Gasteiger partial charge in [0.05, 0.1) is 12.1 Å². The van der Waals surface area contributed by atoms with Crippen molar-refractivity contribution in [1.29, 1.82) is 5.41 Å². The predicted molar refractivity (Wildman–Crippen MR) is 148 cm³/mol. The number of benzene rings is 2. The van der Waals surface area contributed by atoms with Crippen molar-refractivity contribution in [2.75, 3.05) is 13.1 Å². The Kier molecular flexibility index (Phi) is 12.3. The average molecular weight is 559 g/mol. The van der Waals surface area contributed by atoms with E-state index in [2.05, 4.69) is 10.3 Å². The van der Waals surface area contributed by atoms with Crippen LogP contribution in [0, 0.1) is 17.0 Å². The Labute approximate surface area is 232 Å². The SMILES string of the molecule is CCCN(CCC)C(=O)c1cc(C(N)=O)cc(C(=O)NC(Cc2cc(F)cc(F)c2)C(O)CCC(N)=NC=N)c1. The number of hydrogen-bond donors (Lipinski definition) is 5. The average Bonchev–Trinajstić information content (AvgIpc) is 2.90. The van der Waals surface area contributed by atoms with E-state index in [0.717, 1.165) is 18.5 Å². The van der Waals surface area contributed by atoms with Crippen molar-refractivity contribution >= 4 is 29.9 Å². The maximum absolute atomic E-state index is 13.8. The van der Waals surface area contributed by atoms with Gasteiger partial charge < -0.3 is 26.8 Å². The fourth-order valence-corrected chi connectivity index (χ4v) is 4.22. The molecule has 40 heavy (non-hydrogen) atoms. The summed E-state index contributed by atoms with van der Waals surface area (Å²) in [5.74, 6) is -3.51. The number of carbonyl (C=O) groups excluding carboxylic acids is 3. The van der Waals surface area contributed by atoms with E-state index in [-0.39, 0.29) is 53.3 Å². The molecule has 0 heterocycles. The van der Waals surface area contributed by atoms with Crippen molar-refractivity contribution in [2.24, 2.45) is 16.5 Å². The van der Waals surface area contributed by atoms with Gasteiger partial charge in [0.2, 0.25) is 5.91 Å². The van der Waals surface area contributed by atoms with Gasteiger partial charge in [-0.15, -0.1) is 0 Å². The van der Waals surface area contributed by atoms with E-state index >= 15 is 0 Å². The van der Waals surface area contributed by atoms with Gasteiger partial charge >= 0.3 is 0 Å². The largest absolute Gasteiger partial charge is 0.391 e. The van der Waals surface area contributed by atoms with E-state index in [0.29, 0.717) is 32.0 Å². The molecule has 12 heteroatoms. The molecule has 2 aromatic rings. The molecule has 2 aromatic carbocycles. The lowest BCUT2D eigenvalue weighted by atomic mass is 9.96. The maximum Gasteiger partial charge on any atom is 0.253 e. The summed E-state index contributed by atoms with van der Waals surface area (Å²) >= 11 is 0. The summed E-state index contributed by atoms with van der Waals surface area (Å²) in [6.45, 7) is 4.82. The molecule has 0 aliphatic rings. The number of carbonyl (C=O) groups is 3. The summed E-state index contributed by atoms with van der Waals surface area (Å²) in [5, 5.41) is 20.5. The van der Waals surface area contributed by atoms with Crippen molar-refractivity contribution in [3.63, 3.8) is 0 Å². The van der Waals surface area contributed by atoms with E-state index in [1.807, 2.05) is 13.8 Å². The molecule has 0 spiro atoms. The Hall–Kier alpha value is -4.19. The molecule has 2 unspecified atom stereocenters. The van der Waals surface area contributed by atoms with Crippen LogP contribution in [-0.2, 0) is 6.42 Å². The maximum atomic E-state index is 13.8. The zero-order valence-corrected chi connectivity index (χ0v) is 22.6. The lowest BCUT2D eigenvalue weighted by molar-refractivity contribution is 0.0755. The Morgan fingerprint density at radius 2 is 1.57 bits per heavy atom. The molecule has 2 rings (SSSR count). The summed E-state index contributed by atoms with van der Waals surface area (Å²) in [6, 6.07) is 5.72. The van der Waals surface area contributed by atoms with Crippen LogP contribution in [0.3, 0.4) is 0 Å². The smallest absolute Gasteiger partial charge is 0.253 e. The van der Waals surface area contributed by atoms with Gasteiger partial charge in [0.25, 0.3) is 11.8 Å². The van der Waals surface area contributed by atoms with Crippen LogP contribution in [0.2, 0.25) is 0 Å². The summed E-state index contributed by atoms with van der Waals surface area (Å²) in [7, 11) is 0. The van der Waals surface area contributed by atoms with Gasteiger partial charge in [-0.1, -0.05) is 13.8 Å². The first-order valence-corrected chi connectivity index (χ1v) is 13.0. The molecule has 10 nitrogen and oxygen atoms in total. The molecule has 0 aliphatic carbocycles. The number of rotatable bonds is 15. The van der Waals surface area contributed by atoms with Crippen LogP contribution in [0.4, 0.5) is 8.78 Å². The first kappa shape index (κ1) is 32.0. The zero-order valence-electron chi connectivity index (χ0n) is 22.6. The van der Waals surface area contributed by atoms with E-state index in [9.17, 15) is 28.3 Å². The van der Waals surface area contributed by atoms with Crippen LogP contribution in [0.25, 0.3) is 0 Å². The highest BCUT2D eigenvalue weighted by Gasteiger charge is 2.25. The fraction of sp³-hybridized carbons (Fsp3) is 0.393. The molecule has 0 bridgehead atoms. The minimum absolute atomic E-state index is 0.0139. The van der Waals surface area contributed by atoms with Crippen LogP contribution in [0.1, 0.15) is 76.2 Å². The molecule has 0 radical (unpaired) electrons. The van der Waals surface area contributed by atoms with E-state index < -0.39 is 35.6 Å². The lowest BCUT2D eigenvalue weighted by Gasteiger charge is -2.25. The normalized spacial score (nSPS) is 12.9. The van der Waals surface area contributed by atoms with Crippen LogP contribution in [0.5, 0.6) is 0 Å². The summed E-state index contributed by atoms with van der Waals surface area (Å²) < 4.78 is 27.7. The fourth-order valence-electron chi connectivity index (χ4n) is 4.22. The molecule has 2 atom stereocenters. The molecule has 0 aliphatic heterocycles. The quantitative estimate of drug-likeness (QED) is 0.167. The molecule has 0 saturated heterocycles. The van der Waals surface area contributed by atoms with Crippen LogP contribution in [-0.4, -0.2) is 65.1 Å². The number of amides is 3. The molecular formula is C28H36F2N6O4. The third-order valence-electron chi connectivity index (χ3n) is 6.09. The zero-order chi connectivity index (χ0) is 29.8. The Morgan fingerprint density at radius 1 is 1.00 bits per heavy atom. The van der Waals surface area contributed by atoms with Crippen LogP contribution in [0.15, 0.2) is 41.4 Å². The molecule has 0 saturated carbocycles. The van der Waals surface area contributed by atoms with E-state index in [1.54, 1.807) is 4.90 Å². The predicted octanol–water partition coefficient (Wildman–Crippen LogP) is 2.77. The highest BCUT2D eigenvalue weighted by molar-refractivity contribution is 6.04. The molecule has 3 amide bonds. The Morgan fingerprint density at radius 3 is 2.12 bits per heavy atom. The van der Waals surface area contributed by atoms with Crippen molar-refractivity contribution in [3.05, 3.63) is 70.3 Å². The highest BCUT2D eigenvalue weighted by Crippen LogP contribution is 2.17. The highest BCUT2D eigenvalue weighted by atomic mass is 19.1. The monoisotopic (exact) mass is 558 g/mol. The first-order valence-electron chi connectivity index (χ1n) is 13.0. The van der Waals surface area contributed by atoms with Gasteiger partial charge in [0, 0.05) is 42.3 Å². The van der Waals surface area contributed by atoms with Crippen LogP contribution >= 0.6 is 0 Å². The second kappa shape index (κ2) is 15.4. The topological polar surface area (TPSA) is 175 Å². The molecular weight excluding hydrogens is 522 g/mol. The summed E-state index contributed by atoms with van der Waals surface area (Å²) in [6.07, 6.45) is 0.892. The second-order valence-electron chi connectivity index (χ2n) is 9.37. The van der Waals surface area contributed by atoms with E-state index in [4.69, 9.17) is 16.9 Å². The number of aliphatic hydroxyl groups is 1. The van der Waals surface area contributed by atoms with Crippen molar-refractivity contribution in [3.8, 4) is 0 Å². The number of aliphatic imine (C=N–C) groups is 1. The van der Waals surface area contributed by atoms with Gasteiger partial charge in [0.1, 0.15) is 23.8 Å². The third kappa shape index (κ3) is 9.53. The minimum Gasteiger partial charge on any atom is -0.391 e. The molecule has 216 valence electrons. The van der Waals surface area contributed by atoms with Gasteiger partial charge in [0.15, 0.2) is 0 Å². The summed E-state index contributed by atoms with van der Waals surface area (Å²) in [5.41, 5.74) is 11.3. The first-order chi connectivity index (χ1) is 19.0. The number of primary amides is 1.